The Labute approximate surface area is 212 Å². The maximum Gasteiger partial charge on any atom is 0.494 e. The van der Waals surface area contributed by atoms with Crippen LogP contribution in [0.15, 0.2) is 93.1 Å². The van der Waals surface area contributed by atoms with E-state index in [0.717, 1.165) is 59.4 Å². The van der Waals surface area contributed by atoms with Crippen LogP contribution < -0.4 is 5.46 Å². The van der Waals surface area contributed by atoms with Gasteiger partial charge < -0.3 is 13.7 Å². The van der Waals surface area contributed by atoms with Crippen molar-refractivity contribution in [3.8, 4) is 22.3 Å². The molecule has 0 aliphatic carbocycles. The molecule has 7 rings (SSSR count). The lowest BCUT2D eigenvalue weighted by molar-refractivity contribution is 0.00578. The first-order chi connectivity index (χ1) is 17.2. The molecule has 1 atom stereocenters. The molecule has 6 heteroatoms. The molecule has 4 nitrogen and oxygen atoms in total. The van der Waals surface area contributed by atoms with Gasteiger partial charge in [0, 0.05) is 16.3 Å². The first-order valence-corrected chi connectivity index (χ1v) is 13.3. The molecule has 1 saturated heterocycles. The summed E-state index contributed by atoms with van der Waals surface area (Å²) in [7, 11) is -1.55. The van der Waals surface area contributed by atoms with Crippen molar-refractivity contribution in [1.82, 2.24) is 0 Å². The summed E-state index contributed by atoms with van der Waals surface area (Å²) in [6, 6.07) is 26.6. The summed E-state index contributed by atoms with van der Waals surface area (Å²) >= 11 is 0. The minimum atomic E-state index is -1.12. The topological polar surface area (TPSA) is 48.7 Å². The summed E-state index contributed by atoms with van der Waals surface area (Å²) in [6.45, 7) is 8.24. The third-order valence-corrected chi connectivity index (χ3v) is 9.42. The van der Waals surface area contributed by atoms with E-state index in [9.17, 15) is 4.21 Å². The van der Waals surface area contributed by atoms with E-state index in [1.54, 1.807) is 0 Å². The van der Waals surface area contributed by atoms with Crippen molar-refractivity contribution in [2.75, 3.05) is 0 Å². The molecular formula is C30H25BO4S. The van der Waals surface area contributed by atoms with Crippen LogP contribution in [0.1, 0.15) is 27.7 Å². The zero-order valence-corrected chi connectivity index (χ0v) is 21.4. The lowest BCUT2D eigenvalue weighted by atomic mass is 9.79. The van der Waals surface area contributed by atoms with Gasteiger partial charge in [0.25, 0.3) is 0 Å². The van der Waals surface area contributed by atoms with Gasteiger partial charge in [0.2, 0.25) is 0 Å². The zero-order chi connectivity index (χ0) is 24.8. The van der Waals surface area contributed by atoms with E-state index < -0.39 is 29.1 Å². The molecule has 2 aliphatic heterocycles. The van der Waals surface area contributed by atoms with E-state index >= 15 is 0 Å². The predicted octanol–water partition coefficient (Wildman–Crippen LogP) is 6.70. The molecule has 3 heterocycles. The molecule has 1 fully saturated rings. The Balaban J connectivity index is 1.29. The maximum absolute atomic E-state index is 12.9. The number of hydrogen-bond acceptors (Lipinski definition) is 4. The summed E-state index contributed by atoms with van der Waals surface area (Å²) < 4.78 is 31.6. The first-order valence-electron chi connectivity index (χ1n) is 12.2. The molecule has 1 aromatic heterocycles. The average Bonchev–Trinajstić information content (AvgIpc) is 3.45. The lowest BCUT2D eigenvalue weighted by Gasteiger charge is -2.32. The molecule has 0 saturated carbocycles. The van der Waals surface area contributed by atoms with E-state index in [1.807, 2.05) is 42.5 Å². The van der Waals surface area contributed by atoms with Crippen molar-refractivity contribution in [2.24, 2.45) is 0 Å². The number of rotatable bonds is 2. The molecule has 2 aliphatic rings. The summed E-state index contributed by atoms with van der Waals surface area (Å²) in [5.41, 5.74) is 6.11. The van der Waals surface area contributed by atoms with Crippen LogP contribution in [0.25, 0.3) is 44.2 Å². The highest BCUT2D eigenvalue weighted by molar-refractivity contribution is 7.85. The predicted molar refractivity (Wildman–Crippen MR) is 145 cm³/mol. The van der Waals surface area contributed by atoms with Crippen LogP contribution in [0.4, 0.5) is 0 Å². The molecule has 0 N–H and O–H groups in total. The molecular weight excluding hydrogens is 467 g/mol. The summed E-state index contributed by atoms with van der Waals surface area (Å²) in [6.07, 6.45) is 0. The van der Waals surface area contributed by atoms with Gasteiger partial charge in [0.1, 0.15) is 11.2 Å². The second-order valence-electron chi connectivity index (χ2n) is 10.6. The summed E-state index contributed by atoms with van der Waals surface area (Å²) in [4.78, 5) is 1.77. The Morgan fingerprint density at radius 1 is 0.667 bits per heavy atom. The van der Waals surface area contributed by atoms with Crippen molar-refractivity contribution in [3.05, 3.63) is 78.9 Å². The van der Waals surface area contributed by atoms with Gasteiger partial charge in [-0.15, -0.1) is 0 Å². The van der Waals surface area contributed by atoms with Crippen LogP contribution in [0, 0.1) is 0 Å². The van der Waals surface area contributed by atoms with Crippen molar-refractivity contribution >= 4 is 45.3 Å². The Morgan fingerprint density at radius 2 is 1.36 bits per heavy atom. The van der Waals surface area contributed by atoms with Crippen LogP contribution >= 0.6 is 0 Å². The van der Waals surface area contributed by atoms with Crippen molar-refractivity contribution < 1.29 is 17.9 Å². The molecule has 5 aromatic rings. The third-order valence-electron chi connectivity index (χ3n) is 7.91. The highest BCUT2D eigenvalue weighted by atomic mass is 32.2. The van der Waals surface area contributed by atoms with Gasteiger partial charge in [-0.05, 0) is 86.2 Å². The number of benzene rings is 4. The Bertz CT molecular complexity index is 1720. The number of furan rings is 1. The molecule has 0 bridgehead atoms. The first kappa shape index (κ1) is 22.0. The normalized spacial score (nSPS) is 19.7. The van der Waals surface area contributed by atoms with E-state index in [4.69, 9.17) is 13.7 Å². The molecule has 36 heavy (non-hydrogen) atoms. The molecule has 178 valence electrons. The second-order valence-corrected chi connectivity index (χ2v) is 12.0. The lowest BCUT2D eigenvalue weighted by Crippen LogP contribution is -2.41. The van der Waals surface area contributed by atoms with Gasteiger partial charge in [-0.1, -0.05) is 42.5 Å². The average molecular weight is 492 g/mol. The fraction of sp³-hybridized carbons (Fsp3) is 0.200. The zero-order valence-electron chi connectivity index (χ0n) is 20.6. The molecule has 0 spiro atoms. The standard InChI is InChI=1S/C30H25BO4S/c1-29(2)30(3,4)35-31(34-29)20-11-12-21-23-15-18(9-13-25(23)33-26(21)17-20)19-10-14-28-24(16-19)22-7-5-6-8-27(22)36(28)32/h5-17H,1-4H3. The molecule has 1 unspecified atom stereocenters. The summed E-state index contributed by atoms with van der Waals surface area (Å²) in [5, 5.41) is 2.12. The number of hydrogen-bond donors (Lipinski definition) is 0. The Morgan fingerprint density at radius 3 is 2.17 bits per heavy atom. The van der Waals surface area contributed by atoms with Crippen molar-refractivity contribution in [2.45, 2.75) is 48.7 Å². The van der Waals surface area contributed by atoms with Crippen LogP contribution in [0.3, 0.4) is 0 Å². The molecule has 0 radical (unpaired) electrons. The summed E-state index contributed by atoms with van der Waals surface area (Å²) in [5.74, 6) is 0. The number of fused-ring (bicyclic) bond motifs is 6. The van der Waals surface area contributed by atoms with Gasteiger partial charge in [-0.2, -0.15) is 0 Å². The van der Waals surface area contributed by atoms with Gasteiger partial charge in [0.15, 0.2) is 0 Å². The van der Waals surface area contributed by atoms with Crippen LogP contribution in [-0.2, 0) is 20.1 Å². The second kappa shape index (κ2) is 7.42. The van der Waals surface area contributed by atoms with Gasteiger partial charge in [-0.3, -0.25) is 0 Å². The largest absolute Gasteiger partial charge is 0.494 e. The SMILES string of the molecule is CC1(C)OB(c2ccc3c(c2)oc2ccc(-c4ccc5c(c4)-c4ccccc4S5=O)cc23)OC1(C)C. The van der Waals surface area contributed by atoms with E-state index in [-0.39, 0.29) is 0 Å². The maximum atomic E-state index is 12.9. The minimum absolute atomic E-state index is 0.390. The quantitative estimate of drug-likeness (QED) is 0.253. The Kier molecular flexibility index (Phi) is 4.54. The van der Waals surface area contributed by atoms with Crippen LogP contribution in [0.5, 0.6) is 0 Å². The van der Waals surface area contributed by atoms with E-state index in [0.29, 0.717) is 0 Å². The van der Waals surface area contributed by atoms with Gasteiger partial charge in [0.05, 0.1) is 31.8 Å². The minimum Gasteiger partial charge on any atom is -0.456 e. The molecule has 0 amide bonds. The highest BCUT2D eigenvalue weighted by Gasteiger charge is 2.51. The van der Waals surface area contributed by atoms with Crippen LogP contribution in [-0.4, -0.2) is 22.5 Å². The smallest absolute Gasteiger partial charge is 0.456 e. The molecule has 4 aromatic carbocycles. The highest BCUT2D eigenvalue weighted by Crippen LogP contribution is 2.43. The Hall–Kier alpha value is -3.19. The van der Waals surface area contributed by atoms with Gasteiger partial charge in [-0.25, -0.2) is 4.21 Å². The van der Waals surface area contributed by atoms with Crippen molar-refractivity contribution in [3.63, 3.8) is 0 Å². The van der Waals surface area contributed by atoms with Crippen molar-refractivity contribution in [1.29, 1.82) is 0 Å². The fourth-order valence-electron chi connectivity index (χ4n) is 5.15. The third kappa shape index (κ3) is 3.11. The van der Waals surface area contributed by atoms with Gasteiger partial charge >= 0.3 is 7.12 Å². The van der Waals surface area contributed by atoms with E-state index in [2.05, 4.69) is 64.1 Å². The monoisotopic (exact) mass is 492 g/mol. The van der Waals surface area contributed by atoms with E-state index in [1.165, 1.54) is 0 Å². The fourth-order valence-corrected chi connectivity index (χ4v) is 6.53. The van der Waals surface area contributed by atoms with Crippen LogP contribution in [0.2, 0.25) is 0 Å².